The Hall–Kier alpha value is -1.97. The zero-order valence-corrected chi connectivity index (χ0v) is 17.4. The van der Waals surface area contributed by atoms with Gasteiger partial charge in [-0.3, -0.25) is 0 Å². The minimum absolute atomic E-state index is 0. The molecule has 2 aromatic rings. The molecule has 8 heteroatoms. The van der Waals surface area contributed by atoms with E-state index in [1.165, 1.54) is 11.6 Å². The summed E-state index contributed by atoms with van der Waals surface area (Å²) in [6.07, 6.45) is 2.66. The van der Waals surface area contributed by atoms with Gasteiger partial charge in [0.1, 0.15) is 18.2 Å². The minimum Gasteiger partial charge on any atom is -0.353 e. The molecule has 1 aromatic carbocycles. The lowest BCUT2D eigenvalue weighted by Gasteiger charge is -2.31. The number of benzene rings is 1. The van der Waals surface area contributed by atoms with Crippen LogP contribution in [-0.2, 0) is 26.6 Å². The molecular weight excluding hydrogens is 446 g/mol. The average Bonchev–Trinajstić information content (AvgIpc) is 2.93. The van der Waals surface area contributed by atoms with E-state index in [9.17, 15) is 4.39 Å². The van der Waals surface area contributed by atoms with E-state index < -0.39 is 0 Å². The van der Waals surface area contributed by atoms with E-state index in [-0.39, 0.29) is 29.8 Å². The summed E-state index contributed by atoms with van der Waals surface area (Å²) in [6, 6.07) is 5.01. The third-order valence-corrected chi connectivity index (χ3v) is 4.44. The Morgan fingerprint density at radius 2 is 2.19 bits per heavy atom. The zero-order chi connectivity index (χ0) is 17.8. The van der Waals surface area contributed by atoms with Gasteiger partial charge in [-0.05, 0) is 36.6 Å². The molecule has 1 aliphatic rings. The summed E-state index contributed by atoms with van der Waals surface area (Å²) in [5.74, 6) is 2.23. The molecule has 26 heavy (non-hydrogen) atoms. The van der Waals surface area contributed by atoms with E-state index in [0.717, 1.165) is 36.1 Å². The van der Waals surface area contributed by atoms with E-state index in [1.54, 1.807) is 12.1 Å². The van der Waals surface area contributed by atoms with Crippen molar-refractivity contribution in [3.8, 4) is 0 Å². The second-order valence-corrected chi connectivity index (χ2v) is 6.12. The molecule has 0 radical (unpaired) electrons. The van der Waals surface area contributed by atoms with Crippen molar-refractivity contribution < 1.29 is 4.39 Å². The Kier molecular flexibility index (Phi) is 7.13. The quantitative estimate of drug-likeness (QED) is 0.323. The van der Waals surface area contributed by atoms with E-state index in [0.29, 0.717) is 19.6 Å². The van der Waals surface area contributed by atoms with Crippen molar-refractivity contribution in [3.05, 3.63) is 59.4 Å². The third-order valence-electron chi connectivity index (χ3n) is 4.44. The highest BCUT2D eigenvalue weighted by molar-refractivity contribution is 14.0. The highest BCUT2D eigenvalue weighted by Gasteiger charge is 2.19. The second-order valence-electron chi connectivity index (χ2n) is 6.12. The molecule has 0 aliphatic carbocycles. The first-order chi connectivity index (χ1) is 12.1. The van der Waals surface area contributed by atoms with Crippen molar-refractivity contribution in [1.82, 2.24) is 25.0 Å². The smallest absolute Gasteiger partial charge is 0.194 e. The van der Waals surface area contributed by atoms with Crippen LogP contribution in [-0.4, -0.2) is 38.7 Å². The van der Waals surface area contributed by atoms with Crippen LogP contribution >= 0.6 is 24.0 Å². The summed E-state index contributed by atoms with van der Waals surface area (Å²) < 4.78 is 15.5. The molecule has 3 rings (SSSR count). The Bertz CT molecular complexity index is 801. The Morgan fingerprint density at radius 1 is 1.38 bits per heavy atom. The first-order valence-corrected chi connectivity index (χ1v) is 8.35. The molecule has 0 saturated heterocycles. The van der Waals surface area contributed by atoms with Gasteiger partial charge in [0, 0.05) is 26.7 Å². The average molecular weight is 470 g/mol. The van der Waals surface area contributed by atoms with Crippen molar-refractivity contribution in [1.29, 1.82) is 0 Å². The molecule has 0 spiro atoms. The van der Waals surface area contributed by atoms with Gasteiger partial charge >= 0.3 is 0 Å². The lowest BCUT2D eigenvalue weighted by molar-refractivity contribution is 0.377. The number of guanidine groups is 1. The summed E-state index contributed by atoms with van der Waals surface area (Å²) in [6.45, 7) is 8.17. The minimum atomic E-state index is -0.201. The van der Waals surface area contributed by atoms with Crippen LogP contribution in [0.15, 0.2) is 35.8 Å². The van der Waals surface area contributed by atoms with Crippen molar-refractivity contribution in [3.63, 3.8) is 0 Å². The number of aryl methyl sites for hydroxylation is 1. The van der Waals surface area contributed by atoms with Gasteiger partial charge in [-0.2, -0.15) is 0 Å². The van der Waals surface area contributed by atoms with Crippen molar-refractivity contribution >= 4 is 29.9 Å². The van der Waals surface area contributed by atoms with Gasteiger partial charge in [0.2, 0.25) is 0 Å². The number of aliphatic imine (C=N–C) groups is 1. The lowest BCUT2D eigenvalue weighted by atomic mass is 10.00. The summed E-state index contributed by atoms with van der Waals surface area (Å²) >= 11 is 0. The predicted octanol–water partition coefficient (Wildman–Crippen LogP) is 2.57. The molecule has 2 heterocycles. The SMILES string of the molecule is C=CCNC(=NCc1nnc(C)n1C)N1CCc2ccc(F)cc2C1.I. The predicted molar refractivity (Wildman–Crippen MR) is 111 cm³/mol. The van der Waals surface area contributed by atoms with Gasteiger partial charge in [0.05, 0.1) is 0 Å². The molecule has 1 aromatic heterocycles. The van der Waals surface area contributed by atoms with Crippen LogP contribution in [0.5, 0.6) is 0 Å². The number of aromatic nitrogens is 3. The molecule has 0 fully saturated rings. The maximum absolute atomic E-state index is 13.5. The van der Waals surface area contributed by atoms with E-state index >= 15 is 0 Å². The summed E-state index contributed by atoms with van der Waals surface area (Å²) in [4.78, 5) is 6.82. The Labute approximate surface area is 170 Å². The largest absolute Gasteiger partial charge is 0.353 e. The highest BCUT2D eigenvalue weighted by atomic mass is 127. The number of nitrogens with zero attached hydrogens (tertiary/aromatic N) is 5. The number of halogens is 2. The first-order valence-electron chi connectivity index (χ1n) is 8.35. The maximum Gasteiger partial charge on any atom is 0.194 e. The third kappa shape index (κ3) is 4.60. The monoisotopic (exact) mass is 470 g/mol. The fourth-order valence-corrected chi connectivity index (χ4v) is 2.87. The van der Waals surface area contributed by atoms with Crippen LogP contribution in [0.3, 0.4) is 0 Å². The van der Waals surface area contributed by atoms with Gasteiger partial charge in [-0.25, -0.2) is 9.38 Å². The molecular formula is C18H24FIN6. The molecule has 0 amide bonds. The number of hydrogen-bond acceptors (Lipinski definition) is 3. The normalized spacial score (nSPS) is 13.8. The van der Waals surface area contributed by atoms with Crippen molar-refractivity contribution in [2.24, 2.45) is 12.0 Å². The number of hydrogen-bond donors (Lipinski definition) is 1. The van der Waals surface area contributed by atoms with Crippen LogP contribution in [0.1, 0.15) is 22.8 Å². The number of fused-ring (bicyclic) bond motifs is 1. The zero-order valence-electron chi connectivity index (χ0n) is 15.1. The molecule has 0 atom stereocenters. The molecule has 0 saturated carbocycles. The summed E-state index contributed by atoms with van der Waals surface area (Å²) in [5, 5.41) is 11.5. The highest BCUT2D eigenvalue weighted by Crippen LogP contribution is 2.20. The molecule has 1 N–H and O–H groups in total. The van der Waals surface area contributed by atoms with E-state index in [1.807, 2.05) is 24.6 Å². The van der Waals surface area contributed by atoms with Gasteiger partial charge in [0.25, 0.3) is 0 Å². The fraction of sp³-hybridized carbons (Fsp3) is 0.389. The Morgan fingerprint density at radius 3 is 2.88 bits per heavy atom. The summed E-state index contributed by atoms with van der Waals surface area (Å²) in [7, 11) is 1.93. The van der Waals surface area contributed by atoms with Gasteiger partial charge in [-0.1, -0.05) is 12.1 Å². The molecule has 140 valence electrons. The molecule has 1 aliphatic heterocycles. The maximum atomic E-state index is 13.5. The van der Waals surface area contributed by atoms with Crippen LogP contribution in [0.2, 0.25) is 0 Å². The second kappa shape index (κ2) is 9.11. The van der Waals surface area contributed by atoms with E-state index in [2.05, 4.69) is 27.0 Å². The molecule has 0 unspecified atom stereocenters. The van der Waals surface area contributed by atoms with Crippen LogP contribution in [0.4, 0.5) is 4.39 Å². The Balaban J connectivity index is 0.00000243. The van der Waals surface area contributed by atoms with E-state index in [4.69, 9.17) is 4.99 Å². The fourth-order valence-electron chi connectivity index (χ4n) is 2.87. The number of nitrogens with one attached hydrogen (secondary N) is 1. The number of rotatable bonds is 4. The van der Waals surface area contributed by atoms with Crippen LogP contribution < -0.4 is 5.32 Å². The van der Waals surface area contributed by atoms with Crippen LogP contribution in [0, 0.1) is 12.7 Å². The van der Waals surface area contributed by atoms with Gasteiger partial charge in [0.15, 0.2) is 11.8 Å². The lowest BCUT2D eigenvalue weighted by Crippen LogP contribution is -2.44. The van der Waals surface area contributed by atoms with Gasteiger partial charge in [-0.15, -0.1) is 40.8 Å². The van der Waals surface area contributed by atoms with Crippen molar-refractivity contribution in [2.45, 2.75) is 26.4 Å². The molecule has 6 nitrogen and oxygen atoms in total. The van der Waals surface area contributed by atoms with Crippen LogP contribution in [0.25, 0.3) is 0 Å². The standard InChI is InChI=1S/C18H23FN6.HI/c1-4-8-20-18(21-11-17-23-22-13(2)24(17)3)25-9-7-14-5-6-16(19)10-15(14)12-25;/h4-6,10H,1,7-9,11-12H2,2-3H3,(H,20,21);1H. The van der Waals surface area contributed by atoms with Crippen molar-refractivity contribution in [2.75, 3.05) is 13.1 Å². The topological polar surface area (TPSA) is 58.3 Å². The summed E-state index contributed by atoms with van der Waals surface area (Å²) in [5.41, 5.74) is 2.21. The van der Waals surface area contributed by atoms with Gasteiger partial charge < -0.3 is 14.8 Å². The molecule has 0 bridgehead atoms. The first kappa shape index (κ1) is 20.3.